The number of carbonyl (C=O) groups excluding carboxylic acids is 1. The Kier molecular flexibility index (Phi) is 3.47. The first-order chi connectivity index (χ1) is 4.09. The van der Waals surface area contributed by atoms with Gasteiger partial charge < -0.3 is 5.32 Å². The average Bonchev–Trinajstić information content (AvgIpc) is 1.64. The van der Waals surface area contributed by atoms with E-state index in [0.717, 1.165) is 0 Å². The smallest absolute Gasteiger partial charge is 0.146 e. The van der Waals surface area contributed by atoms with E-state index < -0.39 is 0 Å². The summed E-state index contributed by atoms with van der Waals surface area (Å²) in [6, 6.07) is 0.0324. The zero-order chi connectivity index (χ0) is 7.44. The maximum Gasteiger partial charge on any atom is 0.146 e. The maximum absolute atomic E-state index is 10.8. The van der Waals surface area contributed by atoms with Gasteiger partial charge in [0.1, 0.15) is 5.78 Å². The zero-order valence-corrected chi connectivity index (χ0v) is 6.56. The van der Waals surface area contributed by atoms with Gasteiger partial charge in [0.05, 0.1) is 6.04 Å². The van der Waals surface area contributed by atoms with Gasteiger partial charge in [-0.05, 0) is 19.9 Å². The number of rotatable bonds is 3. The number of likely N-dealkylation sites (N-methyl/N-ethyl adjacent to an activating group) is 1. The fourth-order valence-corrected chi connectivity index (χ4v) is 1.01. The third kappa shape index (κ3) is 2.61. The molecule has 0 saturated carbocycles. The van der Waals surface area contributed by atoms with Crippen LogP contribution in [0.2, 0.25) is 0 Å². The SMILES string of the molecule is CN[C@@H](C(C)=O)C(C)C. The van der Waals surface area contributed by atoms with E-state index >= 15 is 0 Å². The van der Waals surface area contributed by atoms with Crippen molar-refractivity contribution in [2.45, 2.75) is 26.8 Å². The summed E-state index contributed by atoms with van der Waals surface area (Å²) in [5.74, 6) is 0.611. The lowest BCUT2D eigenvalue weighted by Crippen LogP contribution is -2.36. The molecule has 0 spiro atoms. The molecule has 0 unspecified atom stereocenters. The van der Waals surface area contributed by atoms with Gasteiger partial charge in [-0.2, -0.15) is 0 Å². The van der Waals surface area contributed by atoms with Crippen molar-refractivity contribution in [3.63, 3.8) is 0 Å². The van der Waals surface area contributed by atoms with Crippen LogP contribution in [0.15, 0.2) is 0 Å². The topological polar surface area (TPSA) is 29.1 Å². The Morgan fingerprint density at radius 3 is 1.89 bits per heavy atom. The second-order valence-electron chi connectivity index (χ2n) is 2.62. The predicted octanol–water partition coefficient (Wildman–Crippen LogP) is 0.819. The van der Waals surface area contributed by atoms with Crippen LogP contribution >= 0.6 is 0 Å². The van der Waals surface area contributed by atoms with E-state index in [1.165, 1.54) is 0 Å². The number of nitrogens with one attached hydrogen (secondary N) is 1. The van der Waals surface area contributed by atoms with Crippen LogP contribution in [0.1, 0.15) is 20.8 Å². The quantitative estimate of drug-likeness (QED) is 0.611. The minimum atomic E-state index is 0.0324. The summed E-state index contributed by atoms with van der Waals surface area (Å²) >= 11 is 0. The lowest BCUT2D eigenvalue weighted by Gasteiger charge is -2.15. The monoisotopic (exact) mass is 129 g/mol. The molecule has 0 fully saturated rings. The zero-order valence-electron chi connectivity index (χ0n) is 6.56. The number of hydrogen-bond acceptors (Lipinski definition) is 2. The van der Waals surface area contributed by atoms with E-state index in [-0.39, 0.29) is 11.8 Å². The number of carbonyl (C=O) groups is 1. The molecule has 0 aromatic rings. The Bertz CT molecular complexity index is 99.1. The molecule has 2 heteroatoms. The van der Waals surface area contributed by atoms with Crippen LogP contribution in [0.5, 0.6) is 0 Å². The van der Waals surface area contributed by atoms with Gasteiger partial charge in [0.25, 0.3) is 0 Å². The van der Waals surface area contributed by atoms with Crippen molar-refractivity contribution in [3.05, 3.63) is 0 Å². The third-order valence-electron chi connectivity index (χ3n) is 1.42. The molecule has 0 aromatic carbocycles. The normalized spacial score (nSPS) is 13.9. The Balaban J connectivity index is 3.83. The standard InChI is InChI=1S/C7H15NO/c1-5(2)7(8-4)6(3)9/h5,7-8H,1-4H3/t7-/m1/s1. The van der Waals surface area contributed by atoms with E-state index in [1.54, 1.807) is 6.92 Å². The fraction of sp³-hybridized carbons (Fsp3) is 0.857. The van der Waals surface area contributed by atoms with Gasteiger partial charge in [0.15, 0.2) is 0 Å². The van der Waals surface area contributed by atoms with Gasteiger partial charge >= 0.3 is 0 Å². The van der Waals surface area contributed by atoms with Gasteiger partial charge in [0.2, 0.25) is 0 Å². The molecular weight excluding hydrogens is 114 g/mol. The highest BCUT2D eigenvalue weighted by Crippen LogP contribution is 2.00. The first kappa shape index (κ1) is 8.63. The minimum Gasteiger partial charge on any atom is -0.310 e. The summed E-state index contributed by atoms with van der Waals surface area (Å²) in [6.07, 6.45) is 0. The molecule has 1 atom stereocenters. The molecule has 0 radical (unpaired) electrons. The summed E-state index contributed by atoms with van der Waals surface area (Å²) in [4.78, 5) is 10.8. The number of hydrogen-bond donors (Lipinski definition) is 1. The van der Waals surface area contributed by atoms with Gasteiger partial charge in [0, 0.05) is 0 Å². The summed E-state index contributed by atoms with van der Waals surface area (Å²) in [6.45, 7) is 5.67. The van der Waals surface area contributed by atoms with Crippen LogP contribution in [0.4, 0.5) is 0 Å². The molecule has 0 aliphatic heterocycles. The van der Waals surface area contributed by atoms with Crippen molar-refractivity contribution in [1.29, 1.82) is 0 Å². The van der Waals surface area contributed by atoms with Crippen molar-refractivity contribution >= 4 is 5.78 Å². The second kappa shape index (κ2) is 3.62. The largest absolute Gasteiger partial charge is 0.310 e. The summed E-state index contributed by atoms with van der Waals surface area (Å²) in [5, 5.41) is 2.95. The van der Waals surface area contributed by atoms with Crippen LogP contribution in [0.25, 0.3) is 0 Å². The molecule has 0 aromatic heterocycles. The molecule has 0 aliphatic carbocycles. The lowest BCUT2D eigenvalue weighted by molar-refractivity contribution is -0.119. The van der Waals surface area contributed by atoms with E-state index in [9.17, 15) is 4.79 Å². The van der Waals surface area contributed by atoms with Crippen molar-refractivity contribution < 1.29 is 4.79 Å². The van der Waals surface area contributed by atoms with Crippen molar-refractivity contribution in [2.75, 3.05) is 7.05 Å². The van der Waals surface area contributed by atoms with Gasteiger partial charge in [-0.1, -0.05) is 13.8 Å². The van der Waals surface area contributed by atoms with E-state index in [1.807, 2.05) is 20.9 Å². The Labute approximate surface area is 56.6 Å². The highest BCUT2D eigenvalue weighted by atomic mass is 16.1. The van der Waals surface area contributed by atoms with E-state index in [4.69, 9.17) is 0 Å². The lowest BCUT2D eigenvalue weighted by atomic mass is 10.0. The van der Waals surface area contributed by atoms with Crippen LogP contribution in [-0.4, -0.2) is 18.9 Å². The van der Waals surface area contributed by atoms with Gasteiger partial charge in [-0.15, -0.1) is 0 Å². The van der Waals surface area contributed by atoms with Crippen molar-refractivity contribution in [1.82, 2.24) is 5.32 Å². The minimum absolute atomic E-state index is 0.0324. The molecule has 0 amide bonds. The number of ketones is 1. The average molecular weight is 129 g/mol. The molecule has 0 saturated heterocycles. The molecule has 9 heavy (non-hydrogen) atoms. The highest BCUT2D eigenvalue weighted by Gasteiger charge is 2.14. The Morgan fingerprint density at radius 2 is 1.89 bits per heavy atom. The summed E-state index contributed by atoms with van der Waals surface area (Å²) < 4.78 is 0. The predicted molar refractivity (Wildman–Crippen MR) is 38.4 cm³/mol. The number of Topliss-reactive ketones (excluding diaryl/α,β-unsaturated/α-hetero) is 1. The molecule has 0 heterocycles. The summed E-state index contributed by atoms with van der Waals surface area (Å²) in [5.41, 5.74) is 0. The second-order valence-corrected chi connectivity index (χ2v) is 2.62. The van der Waals surface area contributed by atoms with Crippen molar-refractivity contribution in [3.8, 4) is 0 Å². The van der Waals surface area contributed by atoms with Gasteiger partial charge in [-0.3, -0.25) is 4.79 Å². The Morgan fingerprint density at radius 1 is 1.44 bits per heavy atom. The van der Waals surface area contributed by atoms with Crippen LogP contribution in [-0.2, 0) is 4.79 Å². The van der Waals surface area contributed by atoms with Crippen LogP contribution in [0, 0.1) is 5.92 Å². The van der Waals surface area contributed by atoms with Crippen LogP contribution in [0.3, 0.4) is 0 Å². The molecule has 2 nitrogen and oxygen atoms in total. The Hall–Kier alpha value is -0.370. The first-order valence-corrected chi connectivity index (χ1v) is 3.27. The fourth-order valence-electron chi connectivity index (χ4n) is 1.01. The molecule has 1 N–H and O–H groups in total. The van der Waals surface area contributed by atoms with E-state index in [0.29, 0.717) is 5.92 Å². The molecule has 0 rings (SSSR count). The van der Waals surface area contributed by atoms with Crippen LogP contribution < -0.4 is 5.32 Å². The maximum atomic E-state index is 10.8. The summed E-state index contributed by atoms with van der Waals surface area (Å²) in [7, 11) is 1.81. The molecule has 0 bridgehead atoms. The molecular formula is C7H15NO. The van der Waals surface area contributed by atoms with Gasteiger partial charge in [-0.25, -0.2) is 0 Å². The van der Waals surface area contributed by atoms with Crippen molar-refractivity contribution in [2.24, 2.45) is 5.92 Å². The molecule has 0 aliphatic rings. The highest BCUT2D eigenvalue weighted by molar-refractivity contribution is 5.81. The van der Waals surface area contributed by atoms with E-state index in [2.05, 4.69) is 5.32 Å². The first-order valence-electron chi connectivity index (χ1n) is 3.27. The molecule has 54 valence electrons. The third-order valence-corrected chi connectivity index (χ3v) is 1.42.